The van der Waals surface area contributed by atoms with Crippen molar-refractivity contribution >= 4 is 11.8 Å². The van der Waals surface area contributed by atoms with Gasteiger partial charge < -0.3 is 10.6 Å². The van der Waals surface area contributed by atoms with Crippen molar-refractivity contribution in [2.24, 2.45) is 0 Å². The van der Waals surface area contributed by atoms with Gasteiger partial charge in [-0.2, -0.15) is 0 Å². The van der Waals surface area contributed by atoms with Gasteiger partial charge in [-0.25, -0.2) is 4.68 Å². The predicted molar refractivity (Wildman–Crippen MR) is 70.1 cm³/mol. The van der Waals surface area contributed by atoms with Crippen LogP contribution in [0.3, 0.4) is 0 Å². The summed E-state index contributed by atoms with van der Waals surface area (Å²) in [5.41, 5.74) is -0.949. The monoisotopic (exact) mass is 280 g/mol. The Morgan fingerprint density at radius 2 is 2.10 bits per heavy atom. The first-order valence-corrected chi connectivity index (χ1v) is 6.43. The van der Waals surface area contributed by atoms with E-state index in [-0.39, 0.29) is 12.5 Å². The standard InChI is InChI=1S/C12H16N4O4/c17-9-4-5-11(19)16(15-9)7-10(18)14-8-3-1-2-6-13-12(8)20/h4-5,8H,1-3,6-7H2,(H,13,20)(H,14,18)(H,15,17). The molecule has 20 heavy (non-hydrogen) atoms. The first-order valence-electron chi connectivity index (χ1n) is 6.43. The number of hydrogen-bond acceptors (Lipinski definition) is 4. The molecule has 2 heterocycles. The van der Waals surface area contributed by atoms with Gasteiger partial charge in [0.05, 0.1) is 0 Å². The Morgan fingerprint density at radius 3 is 2.90 bits per heavy atom. The maximum absolute atomic E-state index is 11.8. The van der Waals surface area contributed by atoms with Crippen molar-refractivity contribution in [3.63, 3.8) is 0 Å². The van der Waals surface area contributed by atoms with Crippen LogP contribution in [0.1, 0.15) is 19.3 Å². The molecule has 1 aliphatic rings. The average Bonchev–Trinajstić information content (AvgIpc) is 2.59. The summed E-state index contributed by atoms with van der Waals surface area (Å²) >= 11 is 0. The number of rotatable bonds is 3. The molecule has 8 nitrogen and oxygen atoms in total. The van der Waals surface area contributed by atoms with Gasteiger partial charge in [0.2, 0.25) is 11.8 Å². The van der Waals surface area contributed by atoms with Gasteiger partial charge in [0.1, 0.15) is 12.6 Å². The van der Waals surface area contributed by atoms with Crippen LogP contribution in [-0.4, -0.2) is 34.2 Å². The van der Waals surface area contributed by atoms with Crippen molar-refractivity contribution in [1.82, 2.24) is 20.4 Å². The maximum atomic E-state index is 11.8. The molecule has 108 valence electrons. The number of amides is 2. The maximum Gasteiger partial charge on any atom is 0.265 e. The number of nitrogens with one attached hydrogen (secondary N) is 3. The van der Waals surface area contributed by atoms with Gasteiger partial charge in [-0.1, -0.05) is 0 Å². The van der Waals surface area contributed by atoms with E-state index in [0.29, 0.717) is 13.0 Å². The summed E-state index contributed by atoms with van der Waals surface area (Å²) in [6, 6.07) is 1.59. The van der Waals surface area contributed by atoms with Gasteiger partial charge in [-0.15, -0.1) is 0 Å². The molecule has 0 saturated carbocycles. The minimum atomic E-state index is -0.587. The van der Waals surface area contributed by atoms with E-state index < -0.39 is 23.1 Å². The number of hydrogen-bond donors (Lipinski definition) is 3. The highest BCUT2D eigenvalue weighted by atomic mass is 16.2. The third kappa shape index (κ3) is 3.56. The Morgan fingerprint density at radius 1 is 1.30 bits per heavy atom. The molecule has 1 saturated heterocycles. The summed E-state index contributed by atoms with van der Waals surface area (Å²) in [6.07, 6.45) is 2.28. The van der Waals surface area contributed by atoms with Crippen LogP contribution in [0.2, 0.25) is 0 Å². The molecule has 0 aromatic carbocycles. The van der Waals surface area contributed by atoms with Crippen LogP contribution in [0.25, 0.3) is 0 Å². The van der Waals surface area contributed by atoms with Gasteiger partial charge in [0.15, 0.2) is 0 Å². The molecule has 0 radical (unpaired) electrons. The van der Waals surface area contributed by atoms with Crippen molar-refractivity contribution in [2.75, 3.05) is 6.54 Å². The summed E-state index contributed by atoms with van der Waals surface area (Å²) in [7, 11) is 0. The largest absolute Gasteiger partial charge is 0.354 e. The lowest BCUT2D eigenvalue weighted by Crippen LogP contribution is -2.47. The molecule has 3 N–H and O–H groups in total. The van der Waals surface area contributed by atoms with Crippen molar-refractivity contribution in [3.8, 4) is 0 Å². The molecule has 2 rings (SSSR count). The van der Waals surface area contributed by atoms with Gasteiger partial charge in [0.25, 0.3) is 11.1 Å². The van der Waals surface area contributed by atoms with Gasteiger partial charge in [0, 0.05) is 18.7 Å². The summed E-state index contributed by atoms with van der Waals surface area (Å²) < 4.78 is 0.909. The fourth-order valence-electron chi connectivity index (χ4n) is 2.04. The third-order valence-corrected chi connectivity index (χ3v) is 3.06. The van der Waals surface area contributed by atoms with E-state index in [1.807, 2.05) is 0 Å². The molecular weight excluding hydrogens is 264 g/mol. The third-order valence-electron chi connectivity index (χ3n) is 3.06. The predicted octanol–water partition coefficient (Wildman–Crippen LogP) is -1.68. The number of H-pyrrole nitrogens is 1. The number of aromatic amines is 1. The zero-order chi connectivity index (χ0) is 14.5. The molecule has 2 amide bonds. The van der Waals surface area contributed by atoms with Crippen LogP contribution in [0, 0.1) is 0 Å². The fourth-order valence-corrected chi connectivity index (χ4v) is 2.04. The van der Waals surface area contributed by atoms with Crippen LogP contribution in [0.15, 0.2) is 21.7 Å². The van der Waals surface area contributed by atoms with Crippen molar-refractivity contribution < 1.29 is 9.59 Å². The Kier molecular flexibility index (Phi) is 4.34. The number of aromatic nitrogens is 2. The van der Waals surface area contributed by atoms with E-state index in [1.54, 1.807) is 0 Å². The highest BCUT2D eigenvalue weighted by Gasteiger charge is 2.22. The molecule has 1 aromatic heterocycles. The molecule has 1 atom stereocenters. The SMILES string of the molecule is O=C(Cn1[nH]c(=O)ccc1=O)NC1CCCCNC1=O. The number of nitrogens with zero attached hydrogens (tertiary/aromatic N) is 1. The van der Waals surface area contributed by atoms with E-state index in [1.165, 1.54) is 0 Å². The van der Waals surface area contributed by atoms with Crippen LogP contribution < -0.4 is 21.8 Å². The van der Waals surface area contributed by atoms with Crippen LogP contribution in [0.5, 0.6) is 0 Å². The molecule has 1 aromatic rings. The van der Waals surface area contributed by atoms with E-state index in [0.717, 1.165) is 29.7 Å². The molecule has 8 heteroatoms. The number of carbonyl (C=O) groups is 2. The summed E-state index contributed by atoms with van der Waals surface area (Å²) in [6.45, 7) is 0.287. The highest BCUT2D eigenvalue weighted by Crippen LogP contribution is 2.05. The zero-order valence-electron chi connectivity index (χ0n) is 10.8. The second-order valence-corrected chi connectivity index (χ2v) is 4.64. The lowest BCUT2D eigenvalue weighted by molar-refractivity contribution is -0.129. The van der Waals surface area contributed by atoms with E-state index >= 15 is 0 Å². The second kappa shape index (κ2) is 6.18. The quantitative estimate of drug-likeness (QED) is 0.614. The number of carbonyl (C=O) groups excluding carboxylic acids is 2. The Balaban J connectivity index is 2.01. The summed E-state index contributed by atoms with van der Waals surface area (Å²) in [5.74, 6) is -0.708. The summed E-state index contributed by atoms with van der Waals surface area (Å²) in [5, 5.41) is 7.53. The first kappa shape index (κ1) is 14.0. The average molecular weight is 280 g/mol. The minimum absolute atomic E-state index is 0.218. The smallest absolute Gasteiger partial charge is 0.265 e. The van der Waals surface area contributed by atoms with Crippen molar-refractivity contribution in [3.05, 3.63) is 32.8 Å². The van der Waals surface area contributed by atoms with E-state index in [9.17, 15) is 19.2 Å². The first-order chi connectivity index (χ1) is 9.56. The lowest BCUT2D eigenvalue weighted by Gasteiger charge is -2.15. The van der Waals surface area contributed by atoms with Crippen molar-refractivity contribution in [2.45, 2.75) is 31.8 Å². The molecule has 1 fully saturated rings. The van der Waals surface area contributed by atoms with E-state index in [4.69, 9.17) is 0 Å². The normalized spacial score (nSPS) is 19.0. The van der Waals surface area contributed by atoms with Gasteiger partial charge >= 0.3 is 0 Å². The minimum Gasteiger partial charge on any atom is -0.354 e. The molecule has 0 bridgehead atoms. The van der Waals surface area contributed by atoms with E-state index in [2.05, 4.69) is 15.7 Å². The van der Waals surface area contributed by atoms with Crippen LogP contribution in [0.4, 0.5) is 0 Å². The highest BCUT2D eigenvalue weighted by molar-refractivity contribution is 5.87. The van der Waals surface area contributed by atoms with Crippen molar-refractivity contribution in [1.29, 1.82) is 0 Å². The molecule has 0 aliphatic carbocycles. The topological polar surface area (TPSA) is 113 Å². The lowest BCUT2D eigenvalue weighted by atomic mass is 10.1. The Bertz CT molecular complexity index is 618. The zero-order valence-corrected chi connectivity index (χ0v) is 10.8. The summed E-state index contributed by atoms with van der Waals surface area (Å²) in [4.78, 5) is 46.1. The van der Waals surface area contributed by atoms with Crippen LogP contribution in [-0.2, 0) is 16.1 Å². The molecule has 1 aliphatic heterocycles. The Labute approximate surface area is 114 Å². The van der Waals surface area contributed by atoms with Crippen LogP contribution >= 0.6 is 0 Å². The Hall–Kier alpha value is -2.38. The van der Waals surface area contributed by atoms with Gasteiger partial charge in [-0.05, 0) is 19.3 Å². The fraction of sp³-hybridized carbons (Fsp3) is 0.500. The van der Waals surface area contributed by atoms with Gasteiger partial charge in [-0.3, -0.25) is 24.3 Å². The second-order valence-electron chi connectivity index (χ2n) is 4.64. The molecule has 0 spiro atoms. The molecular formula is C12H16N4O4. The molecule has 1 unspecified atom stereocenters.